The summed E-state index contributed by atoms with van der Waals surface area (Å²) in [5.74, 6) is -0.554. The average molecular weight is 431 g/mol. The molecule has 2 aromatic heterocycles. The van der Waals surface area contributed by atoms with Gasteiger partial charge >= 0.3 is 0 Å². The molecule has 1 fully saturated rings. The van der Waals surface area contributed by atoms with E-state index in [1.807, 2.05) is 25.3 Å². The molecule has 3 aromatic rings. The van der Waals surface area contributed by atoms with Gasteiger partial charge in [-0.15, -0.1) is 0 Å². The number of hydrogen-bond donors (Lipinski definition) is 2. The van der Waals surface area contributed by atoms with Crippen LogP contribution in [-0.4, -0.2) is 27.2 Å². The molecule has 6 nitrogen and oxygen atoms in total. The molecule has 1 saturated carbocycles. The van der Waals surface area contributed by atoms with Gasteiger partial charge in [0.1, 0.15) is 5.65 Å². The van der Waals surface area contributed by atoms with Crippen LogP contribution in [0.4, 0.5) is 5.82 Å². The van der Waals surface area contributed by atoms with E-state index in [9.17, 15) is 9.59 Å². The zero-order valence-corrected chi connectivity index (χ0v) is 17.3. The zero-order valence-electron chi connectivity index (χ0n) is 15.8. The number of halogens is 2. The molecule has 0 unspecified atom stereocenters. The highest BCUT2D eigenvalue weighted by atomic mass is 35.5. The second kappa shape index (κ2) is 8.05. The number of carbonyl (C=O) groups is 2. The molecule has 0 atom stereocenters. The minimum absolute atomic E-state index is 0.142. The minimum Gasteiger partial charge on any atom is -0.348 e. The maximum absolute atomic E-state index is 13.1. The maximum atomic E-state index is 13.1. The van der Waals surface area contributed by atoms with Gasteiger partial charge in [0.05, 0.1) is 15.6 Å². The van der Waals surface area contributed by atoms with Crippen LogP contribution >= 0.6 is 23.2 Å². The number of imidazole rings is 1. The van der Waals surface area contributed by atoms with Gasteiger partial charge in [-0.2, -0.15) is 0 Å². The first-order valence-corrected chi connectivity index (χ1v) is 10.2. The predicted octanol–water partition coefficient (Wildman–Crippen LogP) is 4.87. The van der Waals surface area contributed by atoms with E-state index in [2.05, 4.69) is 15.6 Å². The van der Waals surface area contributed by atoms with E-state index < -0.39 is 5.91 Å². The first kappa shape index (κ1) is 19.7. The SMILES string of the molecule is Cc1ccc2nc(NC(=O)c3cccc(Cl)c3Cl)c(C(=O)NC3CCCC3)n2c1. The molecule has 0 saturated heterocycles. The third kappa shape index (κ3) is 3.95. The maximum Gasteiger partial charge on any atom is 0.272 e. The van der Waals surface area contributed by atoms with Crippen molar-refractivity contribution in [1.82, 2.24) is 14.7 Å². The molecule has 0 radical (unpaired) electrons. The molecule has 0 aliphatic heterocycles. The smallest absolute Gasteiger partial charge is 0.272 e. The predicted molar refractivity (Wildman–Crippen MR) is 114 cm³/mol. The third-order valence-electron chi connectivity index (χ3n) is 5.10. The Balaban J connectivity index is 1.72. The van der Waals surface area contributed by atoms with Crippen molar-refractivity contribution in [3.8, 4) is 0 Å². The summed E-state index contributed by atoms with van der Waals surface area (Å²) >= 11 is 12.2. The van der Waals surface area contributed by atoms with Crippen molar-refractivity contribution >= 4 is 46.5 Å². The lowest BCUT2D eigenvalue weighted by atomic mass is 10.2. The molecule has 2 amide bonds. The van der Waals surface area contributed by atoms with Crippen LogP contribution < -0.4 is 10.6 Å². The van der Waals surface area contributed by atoms with E-state index >= 15 is 0 Å². The molecule has 2 N–H and O–H groups in total. The lowest BCUT2D eigenvalue weighted by molar-refractivity contribution is 0.0933. The lowest BCUT2D eigenvalue weighted by Crippen LogP contribution is -2.34. The van der Waals surface area contributed by atoms with Crippen molar-refractivity contribution in [1.29, 1.82) is 0 Å². The van der Waals surface area contributed by atoms with Gasteiger partial charge in [0.25, 0.3) is 11.8 Å². The van der Waals surface area contributed by atoms with Crippen LogP contribution in [0.5, 0.6) is 0 Å². The number of aromatic nitrogens is 2. The molecule has 0 spiro atoms. The molecule has 1 aromatic carbocycles. The first-order chi connectivity index (χ1) is 13.9. The van der Waals surface area contributed by atoms with E-state index in [0.29, 0.717) is 11.3 Å². The van der Waals surface area contributed by atoms with Gasteiger partial charge < -0.3 is 10.6 Å². The molecule has 0 bridgehead atoms. The van der Waals surface area contributed by atoms with Crippen LogP contribution in [0, 0.1) is 6.92 Å². The summed E-state index contributed by atoms with van der Waals surface area (Å²) in [6.45, 7) is 1.93. The fourth-order valence-electron chi connectivity index (χ4n) is 3.63. The quantitative estimate of drug-likeness (QED) is 0.619. The number of nitrogens with zero attached hydrogens (tertiary/aromatic N) is 2. The van der Waals surface area contributed by atoms with E-state index in [1.165, 1.54) is 0 Å². The van der Waals surface area contributed by atoms with Crippen LogP contribution in [0.15, 0.2) is 36.5 Å². The molecule has 2 heterocycles. The molecule has 8 heteroatoms. The fourth-order valence-corrected chi connectivity index (χ4v) is 4.02. The van der Waals surface area contributed by atoms with Gasteiger partial charge in [-0.25, -0.2) is 4.98 Å². The number of pyridine rings is 1. The number of fused-ring (bicyclic) bond motifs is 1. The minimum atomic E-state index is -0.479. The average Bonchev–Trinajstić information content (AvgIpc) is 3.30. The summed E-state index contributed by atoms with van der Waals surface area (Å²) in [5, 5.41) is 6.24. The Labute approximate surface area is 178 Å². The summed E-state index contributed by atoms with van der Waals surface area (Å²) in [7, 11) is 0. The fraction of sp³-hybridized carbons (Fsp3) is 0.286. The zero-order chi connectivity index (χ0) is 20.5. The van der Waals surface area contributed by atoms with E-state index in [1.54, 1.807) is 22.6 Å². The van der Waals surface area contributed by atoms with Crippen LogP contribution in [0.25, 0.3) is 5.65 Å². The highest BCUT2D eigenvalue weighted by molar-refractivity contribution is 6.44. The third-order valence-corrected chi connectivity index (χ3v) is 5.92. The van der Waals surface area contributed by atoms with Crippen LogP contribution in [-0.2, 0) is 0 Å². The molecular formula is C21H20Cl2N4O2. The van der Waals surface area contributed by atoms with Crippen LogP contribution in [0.3, 0.4) is 0 Å². The topological polar surface area (TPSA) is 75.5 Å². The van der Waals surface area contributed by atoms with Gasteiger partial charge in [-0.05, 0) is 43.5 Å². The first-order valence-electron chi connectivity index (χ1n) is 9.49. The van der Waals surface area contributed by atoms with Gasteiger partial charge in [-0.1, -0.05) is 48.2 Å². The summed E-state index contributed by atoms with van der Waals surface area (Å²) in [6.07, 6.45) is 5.96. The highest BCUT2D eigenvalue weighted by Gasteiger charge is 2.25. The van der Waals surface area contributed by atoms with Crippen molar-refractivity contribution < 1.29 is 9.59 Å². The summed E-state index contributed by atoms with van der Waals surface area (Å²) in [4.78, 5) is 30.4. The summed E-state index contributed by atoms with van der Waals surface area (Å²) in [5.41, 5.74) is 2.05. The number of rotatable bonds is 4. The number of nitrogens with one attached hydrogen (secondary N) is 2. The Morgan fingerprint density at radius 2 is 1.86 bits per heavy atom. The number of aryl methyl sites for hydroxylation is 1. The Bertz CT molecular complexity index is 1100. The van der Waals surface area contributed by atoms with Gasteiger partial charge in [0, 0.05) is 12.2 Å². The number of hydrogen-bond acceptors (Lipinski definition) is 3. The number of carbonyl (C=O) groups excluding carboxylic acids is 2. The monoisotopic (exact) mass is 430 g/mol. The van der Waals surface area contributed by atoms with Crippen LogP contribution in [0.1, 0.15) is 52.1 Å². The van der Waals surface area contributed by atoms with Gasteiger partial charge in [-0.3, -0.25) is 14.0 Å². The number of anilines is 1. The molecule has 1 aliphatic rings. The normalized spacial score (nSPS) is 14.3. The number of benzene rings is 1. The van der Waals surface area contributed by atoms with E-state index in [0.717, 1.165) is 31.2 Å². The Hall–Kier alpha value is -2.57. The largest absolute Gasteiger partial charge is 0.348 e. The lowest BCUT2D eigenvalue weighted by Gasteiger charge is -2.13. The Morgan fingerprint density at radius 3 is 2.62 bits per heavy atom. The van der Waals surface area contributed by atoms with E-state index in [4.69, 9.17) is 23.2 Å². The Kier molecular flexibility index (Phi) is 5.48. The molecular weight excluding hydrogens is 411 g/mol. The molecule has 150 valence electrons. The molecule has 29 heavy (non-hydrogen) atoms. The van der Waals surface area contributed by atoms with Crippen molar-refractivity contribution in [2.24, 2.45) is 0 Å². The van der Waals surface area contributed by atoms with Crippen molar-refractivity contribution in [3.05, 3.63) is 63.4 Å². The standard InChI is InChI=1S/C21H20Cl2N4O2/c1-12-9-10-16-25-19(26-20(28)14-7-4-8-15(22)17(14)23)18(27(16)11-12)21(29)24-13-5-2-3-6-13/h4,7-11,13H,2-3,5-6H2,1H3,(H,24,29)(H,26,28). The summed E-state index contributed by atoms with van der Waals surface area (Å²) < 4.78 is 1.70. The van der Waals surface area contributed by atoms with Crippen LogP contribution in [0.2, 0.25) is 10.0 Å². The van der Waals surface area contributed by atoms with Gasteiger partial charge in [0.2, 0.25) is 0 Å². The Morgan fingerprint density at radius 1 is 1.10 bits per heavy atom. The molecule has 1 aliphatic carbocycles. The van der Waals surface area contributed by atoms with Gasteiger partial charge in [0.15, 0.2) is 11.5 Å². The molecule has 4 rings (SSSR count). The number of amides is 2. The second-order valence-electron chi connectivity index (χ2n) is 7.25. The highest BCUT2D eigenvalue weighted by Crippen LogP contribution is 2.27. The van der Waals surface area contributed by atoms with E-state index in [-0.39, 0.29) is 33.4 Å². The second-order valence-corrected chi connectivity index (χ2v) is 8.04. The summed E-state index contributed by atoms with van der Waals surface area (Å²) in [6, 6.07) is 8.67. The van der Waals surface area contributed by atoms with Crippen molar-refractivity contribution in [2.45, 2.75) is 38.6 Å². The van der Waals surface area contributed by atoms with Crippen molar-refractivity contribution in [3.63, 3.8) is 0 Å². The van der Waals surface area contributed by atoms with Crippen molar-refractivity contribution in [2.75, 3.05) is 5.32 Å².